The Balaban J connectivity index is 2.42. The fourth-order valence-electron chi connectivity index (χ4n) is 0.416. The zero-order valence-corrected chi connectivity index (χ0v) is 4.32. The van der Waals surface area contributed by atoms with Gasteiger partial charge in [-0.1, -0.05) is 0 Å². The van der Waals surface area contributed by atoms with Gasteiger partial charge in [-0.25, -0.2) is 0 Å². The van der Waals surface area contributed by atoms with Gasteiger partial charge in [0.05, 0.1) is 0 Å². The van der Waals surface area contributed by atoms with Crippen LogP contribution in [0.5, 0.6) is 0 Å². The molecule has 0 radical (unpaired) electrons. The maximum absolute atomic E-state index is 8.46. The van der Waals surface area contributed by atoms with Crippen molar-refractivity contribution in [2.45, 2.75) is 0 Å². The molecule has 0 fully saturated rings. The van der Waals surface area contributed by atoms with Gasteiger partial charge in [-0.2, -0.15) is 0 Å². The highest BCUT2D eigenvalue weighted by atomic mass is 16.5. The van der Waals surface area contributed by atoms with E-state index in [1.807, 2.05) is 0 Å². The zero-order chi connectivity index (χ0) is 5.82. The van der Waals surface area contributed by atoms with Crippen LogP contribution in [0.25, 0.3) is 0 Å². The molecule has 3 heteroatoms. The minimum atomic E-state index is -0.00361. The molecule has 1 N–H and O–H groups in total. The van der Waals surface area contributed by atoms with E-state index >= 15 is 0 Å². The van der Waals surface area contributed by atoms with Crippen molar-refractivity contribution < 1.29 is 9.84 Å². The lowest BCUT2D eigenvalue weighted by Gasteiger charge is -2.12. The van der Waals surface area contributed by atoms with Gasteiger partial charge in [0.1, 0.15) is 19.3 Å². The predicted molar refractivity (Wildman–Crippen MR) is 28.3 cm³/mol. The van der Waals surface area contributed by atoms with Gasteiger partial charge < -0.3 is 14.7 Å². The quantitative estimate of drug-likeness (QED) is 0.527. The minimum absolute atomic E-state index is 0.00361. The summed E-state index contributed by atoms with van der Waals surface area (Å²) in [4.78, 5) is 1.59. The summed E-state index contributed by atoms with van der Waals surface area (Å²) < 4.78 is 4.69. The lowest BCUT2D eigenvalue weighted by Crippen LogP contribution is -2.11. The van der Waals surface area contributed by atoms with Crippen LogP contribution in [-0.2, 0) is 4.74 Å². The number of nitrogens with zero attached hydrogens (tertiary/aromatic N) is 1. The summed E-state index contributed by atoms with van der Waals surface area (Å²) in [7, 11) is 0. The monoisotopic (exact) mass is 113 g/mol. The van der Waals surface area contributed by atoms with Crippen LogP contribution in [0.1, 0.15) is 0 Å². The molecule has 0 spiro atoms. The highest BCUT2D eigenvalue weighted by molar-refractivity contribution is 4.90. The lowest BCUT2D eigenvalue weighted by molar-refractivity contribution is 0.178. The molecule has 0 aromatic heterocycles. The minimum Gasteiger partial charge on any atom is -0.470 e. The molecule has 0 amide bonds. The lowest BCUT2D eigenvalue weighted by atomic mass is 10.7. The summed E-state index contributed by atoms with van der Waals surface area (Å²) in [6.45, 7) is -0.00361. The molecule has 0 aromatic carbocycles. The van der Waals surface area contributed by atoms with Crippen LogP contribution in [0.4, 0.5) is 0 Å². The third-order valence-electron chi connectivity index (χ3n) is 0.825. The largest absolute Gasteiger partial charge is 0.470 e. The van der Waals surface area contributed by atoms with Crippen molar-refractivity contribution in [3.05, 3.63) is 24.9 Å². The van der Waals surface area contributed by atoms with Gasteiger partial charge in [0.25, 0.3) is 0 Å². The maximum Gasteiger partial charge on any atom is 0.119 e. The van der Waals surface area contributed by atoms with Crippen molar-refractivity contribution in [2.75, 3.05) is 6.73 Å². The van der Waals surface area contributed by atoms with Gasteiger partial charge >= 0.3 is 0 Å². The van der Waals surface area contributed by atoms with E-state index in [9.17, 15) is 0 Å². The number of hydrogen-bond acceptors (Lipinski definition) is 3. The van der Waals surface area contributed by atoms with Crippen molar-refractivity contribution >= 4 is 0 Å². The van der Waals surface area contributed by atoms with Gasteiger partial charge in [0.2, 0.25) is 0 Å². The van der Waals surface area contributed by atoms with Crippen LogP contribution in [0.2, 0.25) is 0 Å². The highest BCUT2D eigenvalue weighted by Gasteiger charge is 1.91. The highest BCUT2D eigenvalue weighted by Crippen LogP contribution is 1.96. The molecule has 1 aliphatic rings. The Kier molecular flexibility index (Phi) is 1.54. The first-order valence-corrected chi connectivity index (χ1v) is 2.29. The average molecular weight is 113 g/mol. The normalized spacial score (nSPS) is 16.4. The van der Waals surface area contributed by atoms with Crippen LogP contribution >= 0.6 is 0 Å². The van der Waals surface area contributed by atoms with Gasteiger partial charge in [-0.15, -0.1) is 0 Å². The average Bonchev–Trinajstić information content (AvgIpc) is 1.90. The van der Waals surface area contributed by atoms with Crippen molar-refractivity contribution in [3.8, 4) is 0 Å². The van der Waals surface area contributed by atoms with Crippen molar-refractivity contribution in [1.82, 2.24) is 4.90 Å². The smallest absolute Gasteiger partial charge is 0.119 e. The van der Waals surface area contributed by atoms with Gasteiger partial charge in [0, 0.05) is 12.4 Å². The molecule has 1 heterocycles. The molecule has 0 unspecified atom stereocenters. The van der Waals surface area contributed by atoms with Crippen LogP contribution in [0.15, 0.2) is 24.9 Å². The Bertz CT molecular complexity index is 108. The van der Waals surface area contributed by atoms with E-state index in [1.165, 1.54) is 12.5 Å². The summed E-state index contributed by atoms with van der Waals surface area (Å²) in [5.41, 5.74) is 0. The van der Waals surface area contributed by atoms with Crippen LogP contribution in [0, 0.1) is 0 Å². The van der Waals surface area contributed by atoms with Gasteiger partial charge in [0.15, 0.2) is 0 Å². The van der Waals surface area contributed by atoms with E-state index in [0.717, 1.165) is 0 Å². The van der Waals surface area contributed by atoms with E-state index in [-0.39, 0.29) is 6.73 Å². The van der Waals surface area contributed by atoms with E-state index in [2.05, 4.69) is 4.74 Å². The Morgan fingerprint density at radius 1 is 1.38 bits per heavy atom. The molecule has 1 rings (SSSR count). The standard InChI is InChI=1S/C5H7NO2/c7-5-6-1-3-8-4-2-6/h1-4,7H,5H2. The summed E-state index contributed by atoms with van der Waals surface area (Å²) in [6, 6.07) is 0. The SMILES string of the molecule is OCN1C=COC=C1. The first-order valence-electron chi connectivity index (χ1n) is 2.29. The van der Waals surface area contributed by atoms with Crippen LogP contribution < -0.4 is 0 Å². The Labute approximate surface area is 47.5 Å². The second-order valence-corrected chi connectivity index (χ2v) is 1.36. The Morgan fingerprint density at radius 3 is 2.38 bits per heavy atom. The maximum atomic E-state index is 8.46. The van der Waals surface area contributed by atoms with E-state index in [0.29, 0.717) is 0 Å². The van der Waals surface area contributed by atoms with E-state index in [4.69, 9.17) is 5.11 Å². The first-order chi connectivity index (χ1) is 3.93. The fraction of sp³-hybridized carbons (Fsp3) is 0.200. The molecule has 1 aliphatic heterocycles. The molecule has 0 bridgehead atoms. The van der Waals surface area contributed by atoms with Crippen molar-refractivity contribution in [1.29, 1.82) is 0 Å². The molecule has 8 heavy (non-hydrogen) atoms. The Morgan fingerprint density at radius 2 is 2.00 bits per heavy atom. The van der Waals surface area contributed by atoms with Crippen molar-refractivity contribution in [2.24, 2.45) is 0 Å². The molecule has 0 atom stereocenters. The summed E-state index contributed by atoms with van der Waals surface area (Å²) in [6.07, 6.45) is 6.27. The predicted octanol–water partition coefficient (Wildman–Crippen LogP) is 0.211. The first kappa shape index (κ1) is 5.18. The third-order valence-corrected chi connectivity index (χ3v) is 0.825. The second kappa shape index (κ2) is 2.37. The topological polar surface area (TPSA) is 32.7 Å². The number of aliphatic hydroxyl groups is 1. The third kappa shape index (κ3) is 1.01. The fourth-order valence-corrected chi connectivity index (χ4v) is 0.416. The number of ether oxygens (including phenoxy) is 1. The van der Waals surface area contributed by atoms with Crippen LogP contribution in [0.3, 0.4) is 0 Å². The van der Waals surface area contributed by atoms with Crippen molar-refractivity contribution in [3.63, 3.8) is 0 Å². The molecule has 44 valence electrons. The summed E-state index contributed by atoms with van der Waals surface area (Å²) >= 11 is 0. The van der Waals surface area contributed by atoms with Gasteiger partial charge in [-0.3, -0.25) is 0 Å². The summed E-state index contributed by atoms with van der Waals surface area (Å²) in [5.74, 6) is 0. The molecular weight excluding hydrogens is 106 g/mol. The molecule has 0 aromatic rings. The van der Waals surface area contributed by atoms with E-state index < -0.39 is 0 Å². The molecule has 0 aliphatic carbocycles. The second-order valence-electron chi connectivity index (χ2n) is 1.36. The van der Waals surface area contributed by atoms with E-state index in [1.54, 1.807) is 17.3 Å². The number of rotatable bonds is 1. The molecule has 0 saturated carbocycles. The molecule has 3 nitrogen and oxygen atoms in total. The molecule has 0 saturated heterocycles. The Hall–Kier alpha value is -0.960. The number of hydrogen-bond donors (Lipinski definition) is 1. The van der Waals surface area contributed by atoms with Crippen LogP contribution in [-0.4, -0.2) is 16.7 Å². The molecular formula is C5H7NO2. The van der Waals surface area contributed by atoms with Gasteiger partial charge in [-0.05, 0) is 0 Å². The number of aliphatic hydroxyl groups excluding tert-OH is 1. The zero-order valence-electron chi connectivity index (χ0n) is 4.32. The summed E-state index contributed by atoms with van der Waals surface area (Å²) in [5, 5.41) is 8.46.